The van der Waals surface area contributed by atoms with E-state index >= 15 is 0 Å². The Kier molecular flexibility index (Phi) is 12.4. The van der Waals surface area contributed by atoms with Crippen molar-refractivity contribution in [2.45, 2.75) is 51.9 Å². The molecule has 2 nitrogen and oxygen atoms in total. The molecule has 0 spiro atoms. The van der Waals surface area contributed by atoms with Crippen molar-refractivity contribution in [3.05, 3.63) is 0 Å². The summed E-state index contributed by atoms with van der Waals surface area (Å²) in [5.41, 5.74) is 0. The molecule has 0 N–H and O–H groups in total. The molecular formula is C11H22O2S2. The number of esters is 1. The van der Waals surface area contributed by atoms with Crippen LogP contribution < -0.4 is 0 Å². The molecule has 0 radical (unpaired) electrons. The fourth-order valence-corrected chi connectivity index (χ4v) is 1.97. The number of thiol groups is 1. The number of unbranched alkanes of at least 4 members (excludes halogenated alkanes) is 4. The fourth-order valence-electron chi connectivity index (χ4n) is 1.25. The van der Waals surface area contributed by atoms with E-state index in [0.29, 0.717) is 13.0 Å². The highest BCUT2D eigenvalue weighted by Crippen LogP contribution is 2.11. The minimum atomic E-state index is -0.0391. The van der Waals surface area contributed by atoms with Crippen LogP contribution in [0.4, 0.5) is 0 Å². The van der Waals surface area contributed by atoms with Crippen LogP contribution in [-0.2, 0) is 9.53 Å². The molecule has 0 saturated carbocycles. The van der Waals surface area contributed by atoms with Crippen LogP contribution in [0.3, 0.4) is 0 Å². The molecule has 90 valence electrons. The second-order valence-corrected chi connectivity index (χ2v) is 5.01. The lowest BCUT2D eigenvalue weighted by molar-refractivity contribution is -0.143. The van der Waals surface area contributed by atoms with Gasteiger partial charge in [0.05, 0.1) is 6.61 Å². The van der Waals surface area contributed by atoms with Crippen molar-refractivity contribution in [2.24, 2.45) is 0 Å². The van der Waals surface area contributed by atoms with Gasteiger partial charge in [0.25, 0.3) is 0 Å². The second kappa shape index (κ2) is 12.2. The summed E-state index contributed by atoms with van der Waals surface area (Å²) < 4.78 is 4.98. The summed E-state index contributed by atoms with van der Waals surface area (Å²) in [5.74, 6) is 1.09. The number of hydrogen-bond acceptors (Lipinski definition) is 4. The van der Waals surface area contributed by atoms with Crippen LogP contribution in [0.25, 0.3) is 0 Å². The van der Waals surface area contributed by atoms with Crippen LogP contribution in [-0.4, -0.2) is 18.3 Å². The predicted octanol–water partition coefficient (Wildman–Crippen LogP) is 3.86. The maximum absolute atomic E-state index is 11.1. The summed E-state index contributed by atoms with van der Waals surface area (Å²) >= 11 is 4.08. The summed E-state index contributed by atoms with van der Waals surface area (Å²) in [6.07, 6.45) is 7.30. The molecule has 0 aliphatic rings. The second-order valence-electron chi connectivity index (χ2n) is 3.57. The molecule has 0 aromatic carbocycles. The third-order valence-electron chi connectivity index (χ3n) is 2.08. The normalized spacial score (nSPS) is 10.3. The molecule has 0 amide bonds. The Morgan fingerprint density at radius 3 is 2.53 bits per heavy atom. The fraction of sp³-hybridized carbons (Fsp3) is 0.909. The topological polar surface area (TPSA) is 26.3 Å². The van der Waals surface area contributed by atoms with Crippen LogP contribution in [0.2, 0.25) is 0 Å². The summed E-state index contributed by atoms with van der Waals surface area (Å²) in [4.78, 5) is 11.1. The lowest BCUT2D eigenvalue weighted by atomic mass is 10.1. The van der Waals surface area contributed by atoms with Gasteiger partial charge in [0.15, 0.2) is 0 Å². The number of carbonyl (C=O) groups is 1. The van der Waals surface area contributed by atoms with Gasteiger partial charge in [0, 0.05) is 12.2 Å². The lowest BCUT2D eigenvalue weighted by Crippen LogP contribution is -2.04. The van der Waals surface area contributed by atoms with Gasteiger partial charge in [-0.2, -0.15) is 0 Å². The first-order valence-corrected chi connectivity index (χ1v) is 7.77. The van der Waals surface area contributed by atoms with Crippen molar-refractivity contribution in [1.82, 2.24) is 0 Å². The van der Waals surface area contributed by atoms with Crippen molar-refractivity contribution in [2.75, 3.05) is 12.4 Å². The molecule has 0 unspecified atom stereocenters. The van der Waals surface area contributed by atoms with Gasteiger partial charge < -0.3 is 4.74 Å². The van der Waals surface area contributed by atoms with E-state index < -0.39 is 0 Å². The van der Waals surface area contributed by atoms with Gasteiger partial charge >= 0.3 is 5.97 Å². The summed E-state index contributed by atoms with van der Waals surface area (Å²) in [6.45, 7) is 2.57. The summed E-state index contributed by atoms with van der Waals surface area (Å²) in [7, 11) is 1.60. The van der Waals surface area contributed by atoms with E-state index in [1.807, 2.05) is 6.92 Å². The molecule has 4 heteroatoms. The van der Waals surface area contributed by atoms with E-state index in [1.54, 1.807) is 10.8 Å². The zero-order chi connectivity index (χ0) is 11.4. The average Bonchev–Trinajstić information content (AvgIpc) is 2.25. The maximum Gasteiger partial charge on any atom is 0.305 e. The third-order valence-corrected chi connectivity index (χ3v) is 3.10. The average molecular weight is 250 g/mol. The monoisotopic (exact) mass is 250 g/mol. The molecule has 0 rings (SSSR count). The summed E-state index contributed by atoms with van der Waals surface area (Å²) in [6, 6.07) is 0. The Morgan fingerprint density at radius 1 is 1.20 bits per heavy atom. The van der Waals surface area contributed by atoms with Crippen LogP contribution in [0.15, 0.2) is 0 Å². The van der Waals surface area contributed by atoms with Gasteiger partial charge in [0.2, 0.25) is 0 Å². The van der Waals surface area contributed by atoms with Gasteiger partial charge in [-0.1, -0.05) is 37.0 Å². The van der Waals surface area contributed by atoms with Gasteiger partial charge in [-0.15, -0.1) is 11.7 Å². The lowest BCUT2D eigenvalue weighted by Gasteiger charge is -2.02. The quantitative estimate of drug-likeness (QED) is 0.276. The zero-order valence-electron chi connectivity index (χ0n) is 9.54. The molecule has 0 bridgehead atoms. The number of ether oxygens (including phenoxy) is 1. The number of hydrogen-bond donors (Lipinski definition) is 1. The van der Waals surface area contributed by atoms with Crippen LogP contribution in [0.1, 0.15) is 51.9 Å². The van der Waals surface area contributed by atoms with Crippen molar-refractivity contribution in [1.29, 1.82) is 0 Å². The van der Waals surface area contributed by atoms with E-state index in [9.17, 15) is 4.79 Å². The number of carbonyl (C=O) groups excluding carboxylic acids is 1. The zero-order valence-corrected chi connectivity index (χ0v) is 11.2. The van der Waals surface area contributed by atoms with Gasteiger partial charge in [-0.3, -0.25) is 4.79 Å². The van der Waals surface area contributed by atoms with Crippen molar-refractivity contribution in [3.63, 3.8) is 0 Å². The molecular weight excluding hydrogens is 228 g/mol. The first-order chi connectivity index (χ1) is 7.31. The Bertz CT molecular complexity index is 152. The molecule has 0 aromatic heterocycles. The molecule has 0 aliphatic heterocycles. The number of rotatable bonds is 10. The highest BCUT2D eigenvalue weighted by molar-refractivity contribution is 8.68. The molecule has 0 saturated heterocycles. The largest absolute Gasteiger partial charge is 0.466 e. The van der Waals surface area contributed by atoms with Gasteiger partial charge in [0.1, 0.15) is 0 Å². The predicted molar refractivity (Wildman–Crippen MR) is 70.4 cm³/mol. The molecule has 0 aliphatic carbocycles. The minimum Gasteiger partial charge on any atom is -0.466 e. The Balaban J connectivity index is 3.06. The first kappa shape index (κ1) is 15.2. The van der Waals surface area contributed by atoms with Crippen molar-refractivity contribution >= 4 is 28.4 Å². The van der Waals surface area contributed by atoms with Gasteiger partial charge in [-0.25, -0.2) is 0 Å². The molecule has 0 atom stereocenters. The summed E-state index contributed by atoms with van der Waals surface area (Å²) in [5, 5.41) is 0. The molecule has 0 heterocycles. The smallest absolute Gasteiger partial charge is 0.305 e. The minimum absolute atomic E-state index is 0.0391. The molecule has 0 aromatic rings. The Hall–Kier alpha value is 0.170. The Morgan fingerprint density at radius 2 is 1.87 bits per heavy atom. The van der Waals surface area contributed by atoms with Crippen LogP contribution >= 0.6 is 22.5 Å². The highest BCUT2D eigenvalue weighted by Gasteiger charge is 2.00. The van der Waals surface area contributed by atoms with Gasteiger partial charge in [-0.05, 0) is 19.3 Å². The Labute approximate surface area is 102 Å². The van der Waals surface area contributed by atoms with E-state index in [0.717, 1.165) is 25.0 Å². The van der Waals surface area contributed by atoms with E-state index in [1.165, 1.54) is 19.3 Å². The third kappa shape index (κ3) is 12.1. The van der Waals surface area contributed by atoms with E-state index in [-0.39, 0.29) is 5.97 Å². The van der Waals surface area contributed by atoms with Crippen LogP contribution in [0.5, 0.6) is 0 Å². The SMILES string of the molecule is CCCOC(=O)CCCCCCCSS. The van der Waals surface area contributed by atoms with Crippen LogP contribution in [0, 0.1) is 0 Å². The molecule has 15 heavy (non-hydrogen) atoms. The molecule has 0 fully saturated rings. The van der Waals surface area contributed by atoms with E-state index in [4.69, 9.17) is 4.74 Å². The van der Waals surface area contributed by atoms with Crippen molar-refractivity contribution < 1.29 is 9.53 Å². The maximum atomic E-state index is 11.1. The first-order valence-electron chi connectivity index (χ1n) is 5.73. The standard InChI is InChI=1S/C11H22O2S2/c1-2-9-13-11(12)8-6-4-3-5-7-10-15-14/h14H,2-10H2,1H3. The van der Waals surface area contributed by atoms with Crippen molar-refractivity contribution in [3.8, 4) is 0 Å². The highest BCUT2D eigenvalue weighted by atomic mass is 33.1. The van der Waals surface area contributed by atoms with E-state index in [2.05, 4.69) is 11.7 Å².